The van der Waals surface area contributed by atoms with Crippen molar-refractivity contribution < 1.29 is 0 Å². The van der Waals surface area contributed by atoms with Gasteiger partial charge in [0.2, 0.25) is 0 Å². The van der Waals surface area contributed by atoms with Crippen LogP contribution in [0.4, 0.5) is 5.82 Å². The first kappa shape index (κ1) is 11.2. The molecule has 92 valence electrons. The fourth-order valence-electron chi connectivity index (χ4n) is 1.91. The minimum atomic E-state index is 0.293. The van der Waals surface area contributed by atoms with Crippen LogP contribution in [0, 0.1) is 0 Å². The monoisotopic (exact) mass is 251 g/mol. The summed E-state index contributed by atoms with van der Waals surface area (Å²) in [6.07, 6.45) is 3.01. The van der Waals surface area contributed by atoms with Crippen LogP contribution in [0.25, 0.3) is 21.6 Å². The zero-order valence-corrected chi connectivity index (χ0v) is 9.88. The Morgan fingerprint density at radius 3 is 2.79 bits per heavy atom. The molecule has 2 aromatic heterocycles. The second kappa shape index (κ2) is 4.75. The van der Waals surface area contributed by atoms with Crippen LogP contribution in [0.1, 0.15) is 5.56 Å². The molecule has 19 heavy (non-hydrogen) atoms. The average Bonchev–Trinajstić information content (AvgIpc) is 2.85. The van der Waals surface area contributed by atoms with E-state index in [4.69, 9.17) is 5.53 Å². The quantitative estimate of drug-likeness (QED) is 0.407. The molecular formula is C12H9N7. The fourth-order valence-corrected chi connectivity index (χ4v) is 1.91. The first-order chi connectivity index (χ1) is 9.38. The lowest BCUT2D eigenvalue weighted by Gasteiger charge is -2.05. The van der Waals surface area contributed by atoms with E-state index in [0.29, 0.717) is 23.5 Å². The SMILES string of the molecule is [N-]=[N+]=Nc1ncnc2ncn(Cc3ccccc3)c12. The number of hydrogen-bond acceptors (Lipinski definition) is 4. The summed E-state index contributed by atoms with van der Waals surface area (Å²) < 4.78 is 1.87. The third-order valence-corrected chi connectivity index (χ3v) is 2.73. The van der Waals surface area contributed by atoms with Gasteiger partial charge in [-0.05, 0) is 16.2 Å². The highest BCUT2D eigenvalue weighted by molar-refractivity contribution is 5.81. The Kier molecular flexibility index (Phi) is 2.80. The molecule has 0 aliphatic carbocycles. The third-order valence-electron chi connectivity index (χ3n) is 2.73. The van der Waals surface area contributed by atoms with Crippen molar-refractivity contribution in [3.05, 3.63) is 59.0 Å². The maximum absolute atomic E-state index is 8.57. The van der Waals surface area contributed by atoms with Crippen molar-refractivity contribution in [1.29, 1.82) is 0 Å². The summed E-state index contributed by atoms with van der Waals surface area (Å²) in [7, 11) is 0. The van der Waals surface area contributed by atoms with E-state index < -0.39 is 0 Å². The molecular weight excluding hydrogens is 242 g/mol. The maximum atomic E-state index is 8.57. The first-order valence-corrected chi connectivity index (χ1v) is 5.63. The third kappa shape index (κ3) is 2.10. The standard InChI is InChI=1S/C12H9N7/c13-18-17-12-10-11(14-7-15-12)16-8-19(10)6-9-4-2-1-3-5-9/h1-5,7-8H,6H2. The maximum Gasteiger partial charge on any atom is 0.181 e. The summed E-state index contributed by atoms with van der Waals surface area (Å²) in [5.74, 6) is 0.293. The lowest BCUT2D eigenvalue weighted by Crippen LogP contribution is -1.98. The molecule has 1 aromatic carbocycles. The van der Waals surface area contributed by atoms with Crippen LogP contribution in [0.15, 0.2) is 48.1 Å². The molecule has 0 aliphatic rings. The molecule has 0 unspecified atom stereocenters. The number of benzene rings is 1. The highest BCUT2D eigenvalue weighted by atomic mass is 15.2. The number of hydrogen-bond donors (Lipinski definition) is 0. The number of imidazole rings is 1. The van der Waals surface area contributed by atoms with E-state index in [1.165, 1.54) is 6.33 Å². The molecule has 0 spiro atoms. The summed E-state index contributed by atoms with van der Waals surface area (Å²) >= 11 is 0. The van der Waals surface area contributed by atoms with Gasteiger partial charge in [-0.3, -0.25) is 0 Å². The van der Waals surface area contributed by atoms with E-state index in [-0.39, 0.29) is 0 Å². The molecule has 0 aliphatic heterocycles. The lowest BCUT2D eigenvalue weighted by atomic mass is 10.2. The molecule has 0 N–H and O–H groups in total. The van der Waals surface area contributed by atoms with Crippen LogP contribution in [0.2, 0.25) is 0 Å². The van der Waals surface area contributed by atoms with Crippen molar-refractivity contribution in [3.63, 3.8) is 0 Å². The topological polar surface area (TPSA) is 92.4 Å². The van der Waals surface area contributed by atoms with Crippen LogP contribution in [0.3, 0.4) is 0 Å². The Morgan fingerprint density at radius 1 is 1.16 bits per heavy atom. The molecule has 0 bridgehead atoms. The number of azide groups is 1. The highest BCUT2D eigenvalue weighted by Crippen LogP contribution is 2.21. The fraction of sp³-hybridized carbons (Fsp3) is 0.0833. The molecule has 0 saturated carbocycles. The normalized spacial score (nSPS) is 10.3. The Morgan fingerprint density at radius 2 is 2.00 bits per heavy atom. The van der Waals surface area contributed by atoms with Crippen LogP contribution in [-0.2, 0) is 6.54 Å². The molecule has 3 aromatic rings. The number of nitrogens with zero attached hydrogens (tertiary/aromatic N) is 7. The Bertz CT molecular complexity index is 756. The van der Waals surface area contributed by atoms with Crippen LogP contribution in [0.5, 0.6) is 0 Å². The van der Waals surface area contributed by atoms with Crippen molar-refractivity contribution in [1.82, 2.24) is 19.5 Å². The molecule has 7 nitrogen and oxygen atoms in total. The molecule has 0 radical (unpaired) electrons. The van der Waals surface area contributed by atoms with Crippen molar-refractivity contribution in [2.45, 2.75) is 6.54 Å². The van der Waals surface area contributed by atoms with E-state index in [1.807, 2.05) is 34.9 Å². The van der Waals surface area contributed by atoms with Crippen molar-refractivity contribution >= 4 is 17.0 Å². The number of fused-ring (bicyclic) bond motifs is 1. The van der Waals surface area contributed by atoms with E-state index >= 15 is 0 Å². The van der Waals surface area contributed by atoms with Gasteiger partial charge in [0.05, 0.1) is 6.33 Å². The van der Waals surface area contributed by atoms with Gasteiger partial charge in [0.25, 0.3) is 0 Å². The minimum Gasteiger partial charge on any atom is -0.323 e. The van der Waals surface area contributed by atoms with Crippen LogP contribution in [-0.4, -0.2) is 19.5 Å². The Labute approximate surface area is 108 Å². The van der Waals surface area contributed by atoms with Gasteiger partial charge in [-0.25, -0.2) is 15.0 Å². The molecule has 0 atom stereocenters. The molecule has 2 heterocycles. The van der Waals surface area contributed by atoms with E-state index in [9.17, 15) is 0 Å². The van der Waals surface area contributed by atoms with Gasteiger partial charge >= 0.3 is 0 Å². The molecule has 3 rings (SSSR count). The molecule has 0 saturated heterocycles. The predicted octanol–water partition coefficient (Wildman–Crippen LogP) is 2.82. The lowest BCUT2D eigenvalue weighted by molar-refractivity contribution is 0.823. The minimum absolute atomic E-state index is 0.293. The molecule has 0 fully saturated rings. The van der Waals surface area contributed by atoms with Crippen LogP contribution < -0.4 is 0 Å². The van der Waals surface area contributed by atoms with Gasteiger partial charge in [-0.15, -0.1) is 0 Å². The van der Waals surface area contributed by atoms with E-state index in [1.54, 1.807) is 6.33 Å². The summed E-state index contributed by atoms with van der Waals surface area (Å²) in [4.78, 5) is 15.0. The number of aromatic nitrogens is 4. The average molecular weight is 251 g/mol. The van der Waals surface area contributed by atoms with Crippen molar-refractivity contribution in [2.24, 2.45) is 5.11 Å². The predicted molar refractivity (Wildman–Crippen MR) is 69.7 cm³/mol. The van der Waals surface area contributed by atoms with Gasteiger partial charge in [-0.2, -0.15) is 0 Å². The van der Waals surface area contributed by atoms with Gasteiger partial charge in [0, 0.05) is 11.5 Å². The van der Waals surface area contributed by atoms with Gasteiger partial charge in [0.15, 0.2) is 11.5 Å². The summed E-state index contributed by atoms with van der Waals surface area (Å²) in [6.45, 7) is 0.624. The van der Waals surface area contributed by atoms with Crippen LogP contribution >= 0.6 is 0 Å². The van der Waals surface area contributed by atoms with Crippen molar-refractivity contribution in [2.75, 3.05) is 0 Å². The molecule has 7 heteroatoms. The Balaban J connectivity index is 2.11. The van der Waals surface area contributed by atoms with E-state index in [0.717, 1.165) is 5.56 Å². The number of rotatable bonds is 3. The van der Waals surface area contributed by atoms with Gasteiger partial charge in [-0.1, -0.05) is 30.3 Å². The summed E-state index contributed by atoms with van der Waals surface area (Å²) in [5.41, 5.74) is 10.9. The molecule has 0 amide bonds. The first-order valence-electron chi connectivity index (χ1n) is 5.63. The van der Waals surface area contributed by atoms with Gasteiger partial charge in [0.1, 0.15) is 11.8 Å². The second-order valence-electron chi connectivity index (χ2n) is 3.92. The highest BCUT2D eigenvalue weighted by Gasteiger charge is 2.09. The smallest absolute Gasteiger partial charge is 0.181 e. The zero-order valence-electron chi connectivity index (χ0n) is 9.88. The largest absolute Gasteiger partial charge is 0.323 e. The zero-order chi connectivity index (χ0) is 13.1. The Hall–Kier alpha value is -2.92. The van der Waals surface area contributed by atoms with Crippen molar-refractivity contribution in [3.8, 4) is 0 Å². The summed E-state index contributed by atoms with van der Waals surface area (Å²) in [6, 6.07) is 9.94. The van der Waals surface area contributed by atoms with E-state index in [2.05, 4.69) is 25.0 Å². The van der Waals surface area contributed by atoms with Gasteiger partial charge < -0.3 is 4.57 Å². The second-order valence-corrected chi connectivity index (χ2v) is 3.92. The summed E-state index contributed by atoms with van der Waals surface area (Å²) in [5, 5.41) is 3.58.